The Morgan fingerprint density at radius 1 is 1.23 bits per heavy atom. The van der Waals surface area contributed by atoms with Gasteiger partial charge in [0.2, 0.25) is 0 Å². The number of halogens is 2. The molecule has 0 radical (unpaired) electrons. The lowest BCUT2D eigenvalue weighted by molar-refractivity contribution is -0.122. The van der Waals surface area contributed by atoms with Crippen molar-refractivity contribution < 1.29 is 26.7 Å². The number of sulfonamides is 1. The van der Waals surface area contributed by atoms with Crippen LogP contribution in [0.4, 0.5) is 20.2 Å². The average Bonchev–Trinajstić information content (AvgIpc) is 2.97. The van der Waals surface area contributed by atoms with Crippen LogP contribution in [0.5, 0.6) is 0 Å². The molecule has 0 saturated heterocycles. The van der Waals surface area contributed by atoms with Crippen molar-refractivity contribution in [3.05, 3.63) is 53.6 Å². The van der Waals surface area contributed by atoms with E-state index in [1.54, 1.807) is 17.0 Å². The molecule has 3 rings (SSSR count). The maximum Gasteiger partial charge on any atom is 0.267 e. The summed E-state index contributed by atoms with van der Waals surface area (Å²) in [6, 6.07) is 7.41. The van der Waals surface area contributed by atoms with E-state index in [0.717, 1.165) is 23.8 Å². The molecule has 0 aromatic heterocycles. The third-order valence-electron chi connectivity index (χ3n) is 3.98. The first-order valence-corrected chi connectivity index (χ1v) is 9.21. The molecule has 6 nitrogen and oxygen atoms in total. The zero-order chi connectivity index (χ0) is 18.9. The van der Waals surface area contributed by atoms with Gasteiger partial charge in [-0.25, -0.2) is 17.2 Å². The monoisotopic (exact) mass is 382 g/mol. The molecular formula is C17H16F2N2O4S. The van der Waals surface area contributed by atoms with E-state index in [9.17, 15) is 22.0 Å². The molecule has 0 unspecified atom stereocenters. The van der Waals surface area contributed by atoms with Crippen LogP contribution in [0.2, 0.25) is 0 Å². The molecule has 138 valence electrons. The zero-order valence-corrected chi connectivity index (χ0v) is 14.6. The lowest BCUT2D eigenvalue weighted by Gasteiger charge is -2.17. The van der Waals surface area contributed by atoms with Gasteiger partial charge in [0.15, 0.2) is 4.90 Å². The number of amides is 1. The van der Waals surface area contributed by atoms with Gasteiger partial charge in [-0.05, 0) is 42.3 Å². The molecule has 1 heterocycles. The van der Waals surface area contributed by atoms with Crippen molar-refractivity contribution in [2.75, 3.05) is 29.9 Å². The fraction of sp³-hybridized carbons (Fsp3) is 0.235. The van der Waals surface area contributed by atoms with Crippen molar-refractivity contribution in [3.8, 4) is 0 Å². The van der Waals surface area contributed by atoms with Gasteiger partial charge >= 0.3 is 0 Å². The zero-order valence-electron chi connectivity index (χ0n) is 13.8. The first-order valence-electron chi connectivity index (χ1n) is 7.72. The molecule has 0 saturated carbocycles. The Labute approximate surface area is 149 Å². The third-order valence-corrected chi connectivity index (χ3v) is 5.42. The summed E-state index contributed by atoms with van der Waals surface area (Å²) in [6.07, 6.45) is 0.536. The maximum absolute atomic E-state index is 13.8. The highest BCUT2D eigenvalue weighted by Crippen LogP contribution is 2.31. The molecule has 2 aromatic rings. The standard InChI is InChI=1S/C17H16F2N2O4S/c1-25-10-16(22)21-8-7-11-9-12(5-6-15(11)21)20-26(23,24)17-13(18)3-2-4-14(17)19/h2-6,9,20H,7-8,10H2,1H3. The Bertz CT molecular complexity index is 943. The quantitative estimate of drug-likeness (QED) is 0.861. The number of hydrogen-bond acceptors (Lipinski definition) is 4. The van der Waals surface area contributed by atoms with Gasteiger partial charge in [0.05, 0.1) is 0 Å². The second-order valence-electron chi connectivity index (χ2n) is 5.73. The van der Waals surface area contributed by atoms with Crippen LogP contribution in [0.25, 0.3) is 0 Å². The number of carbonyl (C=O) groups excluding carboxylic acids is 1. The number of carbonyl (C=O) groups is 1. The second-order valence-corrected chi connectivity index (χ2v) is 7.35. The van der Waals surface area contributed by atoms with Crippen LogP contribution < -0.4 is 9.62 Å². The molecule has 0 aliphatic carbocycles. The van der Waals surface area contributed by atoms with E-state index in [-0.39, 0.29) is 18.2 Å². The molecule has 0 bridgehead atoms. The van der Waals surface area contributed by atoms with Crippen LogP contribution in [0.15, 0.2) is 41.3 Å². The molecule has 2 aromatic carbocycles. The fourth-order valence-corrected chi connectivity index (χ4v) is 4.06. The Kier molecular flexibility index (Phi) is 4.92. The van der Waals surface area contributed by atoms with Crippen LogP contribution in [0.1, 0.15) is 5.56 Å². The number of nitrogens with zero attached hydrogens (tertiary/aromatic N) is 1. The van der Waals surface area contributed by atoms with Gasteiger partial charge in [0.1, 0.15) is 18.2 Å². The molecule has 26 heavy (non-hydrogen) atoms. The van der Waals surface area contributed by atoms with Gasteiger partial charge in [0, 0.05) is 25.0 Å². The lowest BCUT2D eigenvalue weighted by atomic mass is 10.1. The average molecular weight is 382 g/mol. The maximum atomic E-state index is 13.8. The summed E-state index contributed by atoms with van der Waals surface area (Å²) in [5, 5.41) is 0. The Morgan fingerprint density at radius 2 is 1.92 bits per heavy atom. The molecular weight excluding hydrogens is 366 g/mol. The highest BCUT2D eigenvalue weighted by molar-refractivity contribution is 7.92. The van der Waals surface area contributed by atoms with E-state index < -0.39 is 26.6 Å². The van der Waals surface area contributed by atoms with E-state index >= 15 is 0 Å². The highest BCUT2D eigenvalue weighted by atomic mass is 32.2. The molecule has 1 aliphatic heterocycles. The molecule has 0 atom stereocenters. The Balaban J connectivity index is 1.88. The summed E-state index contributed by atoms with van der Waals surface area (Å²) in [5.41, 5.74) is 1.57. The molecule has 1 N–H and O–H groups in total. The van der Waals surface area contributed by atoms with Crippen molar-refractivity contribution in [1.29, 1.82) is 0 Å². The van der Waals surface area contributed by atoms with Crippen LogP contribution in [0.3, 0.4) is 0 Å². The summed E-state index contributed by atoms with van der Waals surface area (Å²) in [7, 11) is -3.01. The van der Waals surface area contributed by atoms with Gasteiger partial charge in [0.25, 0.3) is 15.9 Å². The van der Waals surface area contributed by atoms with Crippen LogP contribution in [-0.4, -0.2) is 34.6 Å². The van der Waals surface area contributed by atoms with Gasteiger partial charge in [-0.3, -0.25) is 9.52 Å². The van der Waals surface area contributed by atoms with Crippen LogP contribution in [-0.2, 0) is 26.0 Å². The third kappa shape index (κ3) is 3.40. The number of fused-ring (bicyclic) bond motifs is 1. The predicted octanol–water partition coefficient (Wildman–Crippen LogP) is 2.30. The highest BCUT2D eigenvalue weighted by Gasteiger charge is 2.27. The number of ether oxygens (including phenoxy) is 1. The van der Waals surface area contributed by atoms with Crippen molar-refractivity contribution in [3.63, 3.8) is 0 Å². The minimum atomic E-state index is -4.43. The number of anilines is 2. The van der Waals surface area contributed by atoms with E-state index in [0.29, 0.717) is 18.7 Å². The van der Waals surface area contributed by atoms with Crippen molar-refractivity contribution >= 4 is 27.3 Å². The van der Waals surface area contributed by atoms with Gasteiger partial charge in [-0.15, -0.1) is 0 Å². The van der Waals surface area contributed by atoms with Gasteiger partial charge < -0.3 is 9.64 Å². The second kappa shape index (κ2) is 7.00. The van der Waals surface area contributed by atoms with Crippen molar-refractivity contribution in [1.82, 2.24) is 0 Å². The van der Waals surface area contributed by atoms with E-state index in [1.807, 2.05) is 0 Å². The SMILES string of the molecule is COCC(=O)N1CCc2cc(NS(=O)(=O)c3c(F)cccc3F)ccc21. The summed E-state index contributed by atoms with van der Waals surface area (Å²) in [5.74, 6) is -2.54. The number of nitrogens with one attached hydrogen (secondary N) is 1. The smallest absolute Gasteiger partial charge is 0.267 e. The van der Waals surface area contributed by atoms with Gasteiger partial charge in [-0.1, -0.05) is 6.07 Å². The Morgan fingerprint density at radius 3 is 2.58 bits per heavy atom. The minimum absolute atomic E-state index is 0.0552. The fourth-order valence-electron chi connectivity index (χ4n) is 2.87. The van der Waals surface area contributed by atoms with Crippen molar-refractivity contribution in [2.24, 2.45) is 0 Å². The first kappa shape index (κ1) is 18.3. The summed E-state index contributed by atoms with van der Waals surface area (Å²) >= 11 is 0. The molecule has 9 heteroatoms. The molecule has 0 spiro atoms. The number of rotatable bonds is 5. The number of benzene rings is 2. The number of hydrogen-bond donors (Lipinski definition) is 1. The van der Waals surface area contributed by atoms with E-state index in [4.69, 9.17) is 4.74 Å². The predicted molar refractivity (Wildman–Crippen MR) is 91.5 cm³/mol. The molecule has 1 amide bonds. The summed E-state index contributed by atoms with van der Waals surface area (Å²) in [4.78, 5) is 12.5. The molecule has 0 fully saturated rings. The van der Waals surface area contributed by atoms with E-state index in [2.05, 4.69) is 4.72 Å². The summed E-state index contributed by atoms with van der Waals surface area (Å²) < 4.78 is 59.2. The van der Waals surface area contributed by atoms with Crippen molar-refractivity contribution in [2.45, 2.75) is 11.3 Å². The Hall–Kier alpha value is -2.52. The van der Waals surface area contributed by atoms with E-state index in [1.165, 1.54) is 13.2 Å². The summed E-state index contributed by atoms with van der Waals surface area (Å²) in [6.45, 7) is 0.399. The van der Waals surface area contributed by atoms with Gasteiger partial charge in [-0.2, -0.15) is 0 Å². The topological polar surface area (TPSA) is 75.7 Å². The normalized spacial score (nSPS) is 13.6. The van der Waals surface area contributed by atoms with Crippen LogP contribution >= 0.6 is 0 Å². The largest absolute Gasteiger partial charge is 0.375 e. The number of methoxy groups -OCH3 is 1. The van der Waals surface area contributed by atoms with Crippen LogP contribution in [0, 0.1) is 11.6 Å². The first-order chi connectivity index (χ1) is 12.3. The minimum Gasteiger partial charge on any atom is -0.375 e. The molecule has 1 aliphatic rings. The lowest BCUT2D eigenvalue weighted by Crippen LogP contribution is -2.31.